The van der Waals surface area contributed by atoms with Crippen molar-refractivity contribution in [2.45, 2.75) is 13.0 Å². The van der Waals surface area contributed by atoms with Crippen LogP contribution in [0.2, 0.25) is 0 Å². The molecule has 0 bridgehead atoms. The van der Waals surface area contributed by atoms with Crippen LogP contribution in [0.15, 0.2) is 46.9 Å². The van der Waals surface area contributed by atoms with Crippen LogP contribution in [0, 0.1) is 0 Å². The molecule has 2 aromatic rings. The number of furan rings is 1. The first kappa shape index (κ1) is 9.03. The molecular formula is C12H12O2. The Morgan fingerprint density at radius 1 is 1.43 bits per heavy atom. The molecule has 1 aromatic heterocycles. The molecule has 2 heteroatoms. The van der Waals surface area contributed by atoms with E-state index < -0.39 is 6.10 Å². The van der Waals surface area contributed by atoms with Crippen molar-refractivity contribution in [3.05, 3.63) is 48.2 Å². The number of aliphatic hydroxyl groups is 1. The Labute approximate surface area is 82.5 Å². The zero-order valence-corrected chi connectivity index (χ0v) is 8.03. The molecule has 0 aliphatic carbocycles. The van der Waals surface area contributed by atoms with Gasteiger partial charge < -0.3 is 9.52 Å². The fourth-order valence-corrected chi connectivity index (χ4v) is 1.38. The first-order chi connectivity index (χ1) is 6.68. The number of hydrogen-bond donors (Lipinski definition) is 1. The Hall–Kier alpha value is -1.54. The van der Waals surface area contributed by atoms with E-state index in [-0.39, 0.29) is 0 Å². The summed E-state index contributed by atoms with van der Waals surface area (Å²) in [5, 5.41) is 10.7. The van der Waals surface area contributed by atoms with Crippen LogP contribution in [0.25, 0.3) is 11.0 Å². The molecule has 14 heavy (non-hydrogen) atoms. The number of benzene rings is 1. The molecule has 1 aromatic carbocycles. The van der Waals surface area contributed by atoms with Gasteiger partial charge in [0.25, 0.3) is 0 Å². The van der Waals surface area contributed by atoms with Gasteiger partial charge in [0.2, 0.25) is 0 Å². The third kappa shape index (κ3) is 1.44. The van der Waals surface area contributed by atoms with Crippen molar-refractivity contribution < 1.29 is 9.52 Å². The lowest BCUT2D eigenvalue weighted by atomic mass is 10.1. The molecule has 0 amide bonds. The van der Waals surface area contributed by atoms with Crippen molar-refractivity contribution >= 4 is 11.0 Å². The molecule has 0 fully saturated rings. The zero-order valence-electron chi connectivity index (χ0n) is 8.03. The second-order valence-electron chi connectivity index (χ2n) is 3.44. The van der Waals surface area contributed by atoms with E-state index in [1.54, 1.807) is 6.92 Å². The molecule has 1 atom stereocenters. The summed E-state index contributed by atoms with van der Waals surface area (Å²) >= 11 is 0. The van der Waals surface area contributed by atoms with Gasteiger partial charge in [0.05, 0.1) is 0 Å². The van der Waals surface area contributed by atoms with Gasteiger partial charge in [-0.2, -0.15) is 0 Å². The van der Waals surface area contributed by atoms with Gasteiger partial charge in [-0.1, -0.05) is 24.8 Å². The van der Waals surface area contributed by atoms with E-state index >= 15 is 0 Å². The highest BCUT2D eigenvalue weighted by Gasteiger charge is 2.12. The van der Waals surface area contributed by atoms with Crippen LogP contribution >= 0.6 is 0 Å². The van der Waals surface area contributed by atoms with Crippen molar-refractivity contribution in [1.29, 1.82) is 0 Å². The summed E-state index contributed by atoms with van der Waals surface area (Å²) in [6.45, 7) is 5.47. The zero-order chi connectivity index (χ0) is 10.1. The average Bonchev–Trinajstić information content (AvgIpc) is 2.59. The summed E-state index contributed by atoms with van der Waals surface area (Å²) in [4.78, 5) is 0. The minimum Gasteiger partial charge on any atom is -0.458 e. The summed E-state index contributed by atoms with van der Waals surface area (Å²) in [7, 11) is 0. The van der Waals surface area contributed by atoms with E-state index in [4.69, 9.17) is 4.42 Å². The van der Waals surface area contributed by atoms with E-state index in [2.05, 4.69) is 6.58 Å². The summed E-state index contributed by atoms with van der Waals surface area (Å²) in [6.07, 6.45) is -0.706. The van der Waals surface area contributed by atoms with E-state index in [9.17, 15) is 5.11 Å². The van der Waals surface area contributed by atoms with Crippen molar-refractivity contribution in [3.63, 3.8) is 0 Å². The van der Waals surface area contributed by atoms with E-state index in [0.717, 1.165) is 11.0 Å². The van der Waals surface area contributed by atoms with Crippen molar-refractivity contribution in [3.8, 4) is 0 Å². The second-order valence-corrected chi connectivity index (χ2v) is 3.44. The van der Waals surface area contributed by atoms with Gasteiger partial charge >= 0.3 is 0 Å². The molecule has 0 aliphatic heterocycles. The van der Waals surface area contributed by atoms with Crippen LogP contribution in [-0.4, -0.2) is 5.11 Å². The van der Waals surface area contributed by atoms with E-state index in [1.807, 2.05) is 30.3 Å². The highest BCUT2D eigenvalue weighted by molar-refractivity contribution is 5.77. The fourth-order valence-electron chi connectivity index (χ4n) is 1.38. The van der Waals surface area contributed by atoms with Crippen LogP contribution in [0.3, 0.4) is 0 Å². The maximum atomic E-state index is 9.71. The largest absolute Gasteiger partial charge is 0.458 e. The molecule has 0 saturated heterocycles. The molecule has 1 heterocycles. The lowest BCUT2D eigenvalue weighted by Crippen LogP contribution is -1.94. The van der Waals surface area contributed by atoms with Crippen molar-refractivity contribution in [2.75, 3.05) is 0 Å². The number of para-hydroxylation sites is 1. The molecule has 2 rings (SSSR count). The number of aliphatic hydroxyl groups excluding tert-OH is 1. The minimum atomic E-state index is -0.706. The Bertz CT molecular complexity index is 435. The highest BCUT2D eigenvalue weighted by Crippen LogP contribution is 2.26. The Morgan fingerprint density at radius 3 is 2.79 bits per heavy atom. The smallest absolute Gasteiger partial charge is 0.138 e. The lowest BCUT2D eigenvalue weighted by Gasteiger charge is -2.04. The molecule has 0 spiro atoms. The molecule has 2 nitrogen and oxygen atoms in total. The Balaban J connectivity index is 2.50. The summed E-state index contributed by atoms with van der Waals surface area (Å²) in [6, 6.07) is 9.52. The average molecular weight is 188 g/mol. The number of rotatable bonds is 2. The van der Waals surface area contributed by atoms with Crippen LogP contribution in [0.1, 0.15) is 18.8 Å². The van der Waals surface area contributed by atoms with Gasteiger partial charge in [-0.3, -0.25) is 0 Å². The lowest BCUT2D eigenvalue weighted by molar-refractivity contribution is 0.188. The monoisotopic (exact) mass is 188 g/mol. The predicted octanol–water partition coefficient (Wildman–Crippen LogP) is 3.04. The normalized spacial score (nSPS) is 13.0. The predicted molar refractivity (Wildman–Crippen MR) is 56.0 cm³/mol. The van der Waals surface area contributed by atoms with E-state index in [0.29, 0.717) is 11.3 Å². The van der Waals surface area contributed by atoms with Crippen molar-refractivity contribution in [1.82, 2.24) is 0 Å². The molecule has 72 valence electrons. The van der Waals surface area contributed by atoms with Gasteiger partial charge in [0.15, 0.2) is 0 Å². The number of hydrogen-bond acceptors (Lipinski definition) is 2. The van der Waals surface area contributed by atoms with Crippen molar-refractivity contribution in [2.24, 2.45) is 0 Å². The summed E-state index contributed by atoms with van der Waals surface area (Å²) in [5.41, 5.74) is 1.48. The molecule has 0 aliphatic rings. The quantitative estimate of drug-likeness (QED) is 0.735. The van der Waals surface area contributed by atoms with Gasteiger partial charge in [-0.15, -0.1) is 0 Å². The molecule has 1 N–H and O–H groups in total. The topological polar surface area (TPSA) is 33.4 Å². The fraction of sp³-hybridized carbons (Fsp3) is 0.167. The molecule has 0 saturated carbocycles. The third-order valence-electron chi connectivity index (χ3n) is 2.18. The highest BCUT2D eigenvalue weighted by atomic mass is 16.4. The standard InChI is InChI=1S/C12H12O2/c1-8(2)12(13)11-7-9-5-3-4-6-10(9)14-11/h3-7,12-13H,1H2,2H3. The van der Waals surface area contributed by atoms with Crippen LogP contribution in [-0.2, 0) is 0 Å². The minimum absolute atomic E-state index is 0.554. The maximum Gasteiger partial charge on any atom is 0.138 e. The second kappa shape index (κ2) is 3.31. The van der Waals surface area contributed by atoms with Crippen LogP contribution < -0.4 is 0 Å². The molecular weight excluding hydrogens is 176 g/mol. The number of fused-ring (bicyclic) bond motifs is 1. The summed E-state index contributed by atoms with van der Waals surface area (Å²) in [5.74, 6) is 0.554. The Morgan fingerprint density at radius 2 is 2.14 bits per heavy atom. The van der Waals surface area contributed by atoms with E-state index in [1.165, 1.54) is 0 Å². The third-order valence-corrected chi connectivity index (χ3v) is 2.18. The van der Waals surface area contributed by atoms with Crippen LogP contribution in [0.5, 0.6) is 0 Å². The summed E-state index contributed by atoms with van der Waals surface area (Å²) < 4.78 is 5.48. The van der Waals surface area contributed by atoms with Gasteiger partial charge in [-0.05, 0) is 24.6 Å². The SMILES string of the molecule is C=C(C)C(O)c1cc2ccccc2o1. The maximum absolute atomic E-state index is 9.71. The molecule has 0 radical (unpaired) electrons. The first-order valence-electron chi connectivity index (χ1n) is 4.50. The first-order valence-corrected chi connectivity index (χ1v) is 4.50. The van der Waals surface area contributed by atoms with Gasteiger partial charge in [0.1, 0.15) is 17.4 Å². The molecule has 1 unspecified atom stereocenters. The van der Waals surface area contributed by atoms with Gasteiger partial charge in [0, 0.05) is 5.39 Å². The van der Waals surface area contributed by atoms with Gasteiger partial charge in [-0.25, -0.2) is 0 Å². The Kier molecular flexibility index (Phi) is 2.14. The van der Waals surface area contributed by atoms with Crippen LogP contribution in [0.4, 0.5) is 0 Å².